The number of benzene rings is 3. The highest BCUT2D eigenvalue weighted by Gasteiger charge is 2.18. The Balaban J connectivity index is 1.67. The van der Waals surface area contributed by atoms with Crippen molar-refractivity contribution in [2.75, 3.05) is 6.54 Å². The number of hydrogen-bond donors (Lipinski definition) is 1. The summed E-state index contributed by atoms with van der Waals surface area (Å²) < 4.78 is 0. The molecule has 0 radical (unpaired) electrons. The van der Waals surface area contributed by atoms with Gasteiger partial charge in [0, 0.05) is 28.6 Å². The van der Waals surface area contributed by atoms with E-state index in [-0.39, 0.29) is 18.0 Å². The highest BCUT2D eigenvalue weighted by molar-refractivity contribution is 5.94. The van der Waals surface area contributed by atoms with Gasteiger partial charge in [-0.2, -0.15) is 0 Å². The van der Waals surface area contributed by atoms with Crippen molar-refractivity contribution in [3.8, 4) is 0 Å². The summed E-state index contributed by atoms with van der Waals surface area (Å²) in [5.41, 5.74) is 5.28. The molecule has 0 fully saturated rings. The normalized spacial score (nSPS) is 10.9. The van der Waals surface area contributed by atoms with Gasteiger partial charge >= 0.3 is 0 Å². The number of H-pyrrole nitrogens is 1. The summed E-state index contributed by atoms with van der Waals surface area (Å²) in [6, 6.07) is 25.3. The molecule has 0 bridgehead atoms. The second kappa shape index (κ2) is 9.00. The topological polar surface area (TPSA) is 53.2 Å². The average molecular weight is 411 g/mol. The molecule has 0 atom stereocenters. The number of nitrogens with zero attached hydrogens (tertiary/aromatic N) is 1. The van der Waals surface area contributed by atoms with Gasteiger partial charge in [-0.1, -0.05) is 54.6 Å². The Kier molecular flexibility index (Phi) is 5.99. The number of aromatic nitrogens is 1. The minimum Gasteiger partial charge on any atom is -0.334 e. The van der Waals surface area contributed by atoms with Crippen molar-refractivity contribution >= 4 is 16.8 Å². The molecule has 156 valence electrons. The molecular weight excluding hydrogens is 384 g/mol. The summed E-state index contributed by atoms with van der Waals surface area (Å²) >= 11 is 0. The van der Waals surface area contributed by atoms with Crippen molar-refractivity contribution in [1.29, 1.82) is 0 Å². The molecule has 1 heterocycles. The van der Waals surface area contributed by atoms with E-state index in [1.807, 2.05) is 74.5 Å². The second-order valence-corrected chi connectivity index (χ2v) is 8.00. The molecule has 1 amide bonds. The maximum atomic E-state index is 13.3. The highest BCUT2D eigenvalue weighted by atomic mass is 16.2. The fraction of sp³-hybridized carbons (Fsp3) is 0.185. The van der Waals surface area contributed by atoms with Crippen LogP contribution in [0.25, 0.3) is 10.9 Å². The lowest BCUT2D eigenvalue weighted by molar-refractivity contribution is 0.0744. The number of rotatable bonds is 6. The van der Waals surface area contributed by atoms with Gasteiger partial charge in [0.05, 0.1) is 6.54 Å². The zero-order valence-electron chi connectivity index (χ0n) is 17.9. The van der Waals surface area contributed by atoms with Crippen LogP contribution in [0.5, 0.6) is 0 Å². The van der Waals surface area contributed by atoms with Gasteiger partial charge in [-0.15, -0.1) is 0 Å². The lowest BCUT2D eigenvalue weighted by atomic mass is 10.0. The SMILES string of the molecule is Cc1cc(C)c2cc(CN(CCc3ccccc3)C(=O)c3ccccc3)c(=O)[nH]c2c1. The van der Waals surface area contributed by atoms with E-state index < -0.39 is 0 Å². The number of carbonyl (C=O) groups excluding carboxylic acids is 1. The molecule has 3 aromatic carbocycles. The predicted octanol–water partition coefficient (Wildman–Crippen LogP) is 5.03. The predicted molar refractivity (Wildman–Crippen MR) is 125 cm³/mol. The van der Waals surface area contributed by atoms with E-state index in [1.54, 1.807) is 4.90 Å². The zero-order chi connectivity index (χ0) is 21.8. The van der Waals surface area contributed by atoms with Crippen molar-refractivity contribution in [1.82, 2.24) is 9.88 Å². The van der Waals surface area contributed by atoms with E-state index in [0.29, 0.717) is 17.7 Å². The molecule has 4 rings (SSSR count). The van der Waals surface area contributed by atoms with Crippen LogP contribution in [0.15, 0.2) is 83.7 Å². The average Bonchev–Trinajstić information content (AvgIpc) is 2.78. The number of aryl methyl sites for hydroxylation is 2. The first-order valence-corrected chi connectivity index (χ1v) is 10.5. The van der Waals surface area contributed by atoms with E-state index in [0.717, 1.165) is 34.0 Å². The Morgan fingerprint density at radius 2 is 1.58 bits per heavy atom. The van der Waals surface area contributed by atoms with Crippen LogP contribution in [0.1, 0.15) is 32.6 Å². The molecule has 4 aromatic rings. The van der Waals surface area contributed by atoms with Crippen LogP contribution < -0.4 is 5.56 Å². The zero-order valence-corrected chi connectivity index (χ0v) is 17.9. The number of pyridine rings is 1. The van der Waals surface area contributed by atoms with Gasteiger partial charge < -0.3 is 9.88 Å². The smallest absolute Gasteiger partial charge is 0.254 e. The monoisotopic (exact) mass is 410 g/mol. The minimum absolute atomic E-state index is 0.0725. The molecule has 0 spiro atoms. The molecule has 1 N–H and O–H groups in total. The van der Waals surface area contributed by atoms with Crippen LogP contribution in [0.2, 0.25) is 0 Å². The molecule has 0 aliphatic heterocycles. The van der Waals surface area contributed by atoms with Crippen LogP contribution >= 0.6 is 0 Å². The Bertz CT molecular complexity index is 1260. The van der Waals surface area contributed by atoms with E-state index in [9.17, 15) is 9.59 Å². The van der Waals surface area contributed by atoms with Gasteiger partial charge in [0.2, 0.25) is 0 Å². The van der Waals surface area contributed by atoms with Crippen LogP contribution in [-0.2, 0) is 13.0 Å². The first kappa shape index (κ1) is 20.6. The molecule has 4 heteroatoms. The lowest BCUT2D eigenvalue weighted by Gasteiger charge is -2.23. The number of carbonyl (C=O) groups is 1. The summed E-state index contributed by atoms with van der Waals surface area (Å²) in [6.07, 6.45) is 0.725. The molecule has 0 aliphatic rings. The minimum atomic E-state index is -0.150. The number of nitrogens with one attached hydrogen (secondary N) is 1. The van der Waals surface area contributed by atoms with Crippen molar-refractivity contribution in [2.45, 2.75) is 26.8 Å². The summed E-state index contributed by atoms with van der Waals surface area (Å²) in [5, 5.41) is 1.01. The number of hydrogen-bond acceptors (Lipinski definition) is 2. The quantitative estimate of drug-likeness (QED) is 0.485. The Hall–Kier alpha value is -3.66. The van der Waals surface area contributed by atoms with Gasteiger partial charge in [0.1, 0.15) is 0 Å². The van der Waals surface area contributed by atoms with E-state index in [2.05, 4.69) is 23.2 Å². The summed E-state index contributed by atoms with van der Waals surface area (Å²) in [5.74, 6) is -0.0725. The molecule has 0 saturated carbocycles. The first-order valence-electron chi connectivity index (χ1n) is 10.5. The summed E-state index contributed by atoms with van der Waals surface area (Å²) in [6.45, 7) is 4.85. The maximum Gasteiger partial charge on any atom is 0.254 e. The van der Waals surface area contributed by atoms with Crippen LogP contribution in [0.3, 0.4) is 0 Å². The Labute approximate surface area is 182 Å². The third kappa shape index (κ3) is 4.75. The summed E-state index contributed by atoms with van der Waals surface area (Å²) in [7, 11) is 0. The molecule has 0 saturated heterocycles. The largest absolute Gasteiger partial charge is 0.334 e. The number of aromatic amines is 1. The van der Waals surface area contributed by atoms with Gasteiger partial charge in [-0.05, 0) is 61.2 Å². The van der Waals surface area contributed by atoms with Gasteiger partial charge in [0.15, 0.2) is 0 Å². The molecule has 1 aromatic heterocycles. The third-order valence-corrected chi connectivity index (χ3v) is 5.57. The van der Waals surface area contributed by atoms with Crippen LogP contribution in [0, 0.1) is 13.8 Å². The van der Waals surface area contributed by atoms with Gasteiger partial charge in [0.25, 0.3) is 11.5 Å². The van der Waals surface area contributed by atoms with E-state index >= 15 is 0 Å². The third-order valence-electron chi connectivity index (χ3n) is 5.57. The fourth-order valence-corrected chi connectivity index (χ4v) is 3.96. The molecule has 4 nitrogen and oxygen atoms in total. The molecular formula is C27H26N2O2. The maximum absolute atomic E-state index is 13.3. The Morgan fingerprint density at radius 3 is 2.29 bits per heavy atom. The standard InChI is InChI=1S/C27H26N2O2/c1-19-15-20(2)24-17-23(26(30)28-25(24)16-19)18-29(14-13-21-9-5-3-6-10-21)27(31)22-11-7-4-8-12-22/h3-12,15-17H,13-14,18H2,1-2H3,(H,28,30). The molecule has 0 unspecified atom stereocenters. The molecule has 31 heavy (non-hydrogen) atoms. The van der Waals surface area contributed by atoms with E-state index in [1.165, 1.54) is 0 Å². The first-order chi connectivity index (χ1) is 15.0. The van der Waals surface area contributed by atoms with Crippen LogP contribution in [-0.4, -0.2) is 22.3 Å². The highest BCUT2D eigenvalue weighted by Crippen LogP contribution is 2.19. The van der Waals surface area contributed by atoms with Crippen LogP contribution in [0.4, 0.5) is 0 Å². The van der Waals surface area contributed by atoms with Crippen molar-refractivity contribution in [3.63, 3.8) is 0 Å². The van der Waals surface area contributed by atoms with Crippen molar-refractivity contribution in [3.05, 3.63) is 117 Å². The second-order valence-electron chi connectivity index (χ2n) is 8.00. The lowest BCUT2D eigenvalue weighted by Crippen LogP contribution is -2.34. The molecule has 0 aliphatic carbocycles. The van der Waals surface area contributed by atoms with Gasteiger partial charge in [-0.3, -0.25) is 9.59 Å². The van der Waals surface area contributed by atoms with Gasteiger partial charge in [-0.25, -0.2) is 0 Å². The number of amides is 1. The summed E-state index contributed by atoms with van der Waals surface area (Å²) in [4.78, 5) is 30.9. The fourth-order valence-electron chi connectivity index (χ4n) is 3.96. The van der Waals surface area contributed by atoms with E-state index in [4.69, 9.17) is 0 Å². The number of fused-ring (bicyclic) bond motifs is 1. The Morgan fingerprint density at radius 1 is 0.903 bits per heavy atom. The van der Waals surface area contributed by atoms with Crippen molar-refractivity contribution < 1.29 is 4.79 Å². The van der Waals surface area contributed by atoms with Crippen molar-refractivity contribution in [2.24, 2.45) is 0 Å².